The van der Waals surface area contributed by atoms with E-state index in [9.17, 15) is 4.79 Å². The average Bonchev–Trinajstić information content (AvgIpc) is 2.76. The van der Waals surface area contributed by atoms with Gasteiger partial charge in [-0.05, 0) is 47.4 Å². The van der Waals surface area contributed by atoms with E-state index in [1.807, 2.05) is 12.1 Å². The molecule has 1 aliphatic rings. The minimum atomic E-state index is 0.206. The van der Waals surface area contributed by atoms with Crippen LogP contribution in [-0.4, -0.2) is 43.5 Å². The van der Waals surface area contributed by atoms with Gasteiger partial charge < -0.3 is 4.74 Å². The smallest absolute Gasteiger partial charge is 0.186 e. The predicted octanol–water partition coefficient (Wildman–Crippen LogP) is 2.80. The number of thiophene rings is 1. The highest BCUT2D eigenvalue weighted by atomic mass is 79.9. The van der Waals surface area contributed by atoms with Crippen molar-refractivity contribution in [1.29, 1.82) is 0 Å². The van der Waals surface area contributed by atoms with Crippen LogP contribution in [0.4, 0.5) is 0 Å². The van der Waals surface area contributed by atoms with E-state index in [1.165, 1.54) is 11.3 Å². The third kappa shape index (κ3) is 3.61. The molecule has 1 atom stereocenters. The van der Waals surface area contributed by atoms with Crippen molar-refractivity contribution >= 4 is 33.0 Å². The number of methoxy groups -OCH3 is 1. The number of hydrogen-bond acceptors (Lipinski definition) is 4. The summed E-state index contributed by atoms with van der Waals surface area (Å²) in [4.78, 5) is 15.0. The molecule has 1 unspecified atom stereocenters. The lowest BCUT2D eigenvalue weighted by molar-refractivity contribution is 0.0315. The number of carbonyl (C=O) groups excluding carboxylic acids is 1. The molecule has 0 aromatic carbocycles. The molecule has 3 nitrogen and oxygen atoms in total. The Morgan fingerprint density at radius 1 is 1.65 bits per heavy atom. The van der Waals surface area contributed by atoms with Gasteiger partial charge in [-0.25, -0.2) is 0 Å². The van der Waals surface area contributed by atoms with Crippen LogP contribution in [0.25, 0.3) is 0 Å². The third-order valence-electron chi connectivity index (χ3n) is 3.01. The largest absolute Gasteiger partial charge is 0.380 e. The molecular weight excluding hydrogens is 302 g/mol. The molecule has 0 amide bonds. The molecule has 1 aromatic heterocycles. The van der Waals surface area contributed by atoms with Crippen molar-refractivity contribution in [1.82, 2.24) is 4.90 Å². The first-order valence-corrected chi connectivity index (χ1v) is 7.33. The zero-order chi connectivity index (χ0) is 12.3. The summed E-state index contributed by atoms with van der Waals surface area (Å²) in [6.45, 7) is 2.37. The zero-order valence-electron chi connectivity index (χ0n) is 9.82. The summed E-state index contributed by atoms with van der Waals surface area (Å²) in [6.07, 6.45) is 2.50. The van der Waals surface area contributed by atoms with E-state index in [4.69, 9.17) is 4.74 Å². The lowest BCUT2D eigenvalue weighted by atomic mass is 10.1. The van der Waals surface area contributed by atoms with Crippen molar-refractivity contribution in [2.75, 3.05) is 26.7 Å². The molecule has 0 bridgehead atoms. The first-order valence-electron chi connectivity index (χ1n) is 5.72. The molecule has 1 aromatic rings. The number of ether oxygens (including phenoxy) is 1. The molecule has 1 saturated heterocycles. The first-order chi connectivity index (χ1) is 8.19. The van der Waals surface area contributed by atoms with Gasteiger partial charge in [0.15, 0.2) is 5.78 Å². The van der Waals surface area contributed by atoms with Gasteiger partial charge in [-0.15, -0.1) is 11.3 Å². The van der Waals surface area contributed by atoms with E-state index in [0.717, 1.165) is 34.6 Å². The van der Waals surface area contributed by atoms with E-state index in [1.54, 1.807) is 7.11 Å². The number of nitrogens with zero attached hydrogens (tertiary/aromatic N) is 1. The number of Topliss-reactive ketones (excluding diaryl/α,β-unsaturated/α-hetero) is 1. The third-order valence-corrected chi connectivity index (χ3v) is 4.68. The van der Waals surface area contributed by atoms with Gasteiger partial charge >= 0.3 is 0 Å². The molecule has 0 aliphatic carbocycles. The highest BCUT2D eigenvalue weighted by molar-refractivity contribution is 9.11. The minimum absolute atomic E-state index is 0.206. The fourth-order valence-corrected chi connectivity index (χ4v) is 3.41. The molecule has 0 spiro atoms. The van der Waals surface area contributed by atoms with Gasteiger partial charge in [0, 0.05) is 13.7 Å². The number of carbonyl (C=O) groups is 1. The molecule has 94 valence electrons. The van der Waals surface area contributed by atoms with Crippen LogP contribution in [0.5, 0.6) is 0 Å². The minimum Gasteiger partial charge on any atom is -0.380 e. The van der Waals surface area contributed by atoms with Gasteiger partial charge in [0.25, 0.3) is 0 Å². The highest BCUT2D eigenvalue weighted by Gasteiger charge is 2.22. The van der Waals surface area contributed by atoms with Crippen LogP contribution in [0.1, 0.15) is 22.5 Å². The Kier molecular flexibility index (Phi) is 4.73. The second-order valence-electron chi connectivity index (χ2n) is 4.26. The fourth-order valence-electron chi connectivity index (χ4n) is 2.09. The summed E-state index contributed by atoms with van der Waals surface area (Å²) in [5, 5.41) is 0. The standard InChI is InChI=1S/C12H16BrNO2S/c1-16-9-3-2-6-14(7-9)8-10(15)11-4-5-12(13)17-11/h4-5,9H,2-3,6-8H2,1H3. The lowest BCUT2D eigenvalue weighted by Crippen LogP contribution is -2.41. The Balaban J connectivity index is 1.90. The normalized spacial score (nSPS) is 21.6. The van der Waals surface area contributed by atoms with Crippen LogP contribution in [0, 0.1) is 0 Å². The van der Waals surface area contributed by atoms with Crippen molar-refractivity contribution in [2.45, 2.75) is 18.9 Å². The molecular formula is C12H16BrNO2S. The summed E-state index contributed by atoms with van der Waals surface area (Å²) in [6, 6.07) is 3.81. The Morgan fingerprint density at radius 2 is 2.47 bits per heavy atom. The zero-order valence-corrected chi connectivity index (χ0v) is 12.2. The maximum absolute atomic E-state index is 12.0. The van der Waals surface area contributed by atoms with Crippen molar-refractivity contribution in [3.8, 4) is 0 Å². The average molecular weight is 318 g/mol. The molecule has 0 radical (unpaired) electrons. The summed E-state index contributed by atoms with van der Waals surface area (Å²) in [5.74, 6) is 0.206. The maximum Gasteiger partial charge on any atom is 0.186 e. The SMILES string of the molecule is COC1CCCN(CC(=O)c2ccc(Br)s2)C1. The quantitative estimate of drug-likeness (QED) is 0.800. The Hall–Kier alpha value is -0.230. The Morgan fingerprint density at radius 3 is 3.12 bits per heavy atom. The summed E-state index contributed by atoms with van der Waals surface area (Å²) in [5.41, 5.74) is 0. The molecule has 0 N–H and O–H groups in total. The van der Waals surface area contributed by atoms with Crippen LogP contribution in [0.15, 0.2) is 15.9 Å². The summed E-state index contributed by atoms with van der Waals surface area (Å²) in [7, 11) is 1.74. The second-order valence-corrected chi connectivity index (χ2v) is 6.73. The van der Waals surface area contributed by atoms with Crippen molar-refractivity contribution in [2.24, 2.45) is 0 Å². The maximum atomic E-state index is 12.0. The summed E-state index contributed by atoms with van der Waals surface area (Å²) < 4.78 is 6.36. The van der Waals surface area contributed by atoms with E-state index < -0.39 is 0 Å². The van der Waals surface area contributed by atoms with Gasteiger partial charge in [0.05, 0.1) is 21.3 Å². The van der Waals surface area contributed by atoms with E-state index in [-0.39, 0.29) is 11.9 Å². The van der Waals surface area contributed by atoms with Gasteiger partial charge in [0.1, 0.15) is 0 Å². The predicted molar refractivity (Wildman–Crippen MR) is 72.8 cm³/mol. The fraction of sp³-hybridized carbons (Fsp3) is 0.583. The summed E-state index contributed by atoms with van der Waals surface area (Å²) >= 11 is 4.88. The second kappa shape index (κ2) is 6.09. The van der Waals surface area contributed by atoms with Crippen molar-refractivity contribution in [3.05, 3.63) is 20.8 Å². The van der Waals surface area contributed by atoms with Gasteiger partial charge in [0.2, 0.25) is 0 Å². The number of hydrogen-bond donors (Lipinski definition) is 0. The number of halogens is 1. The van der Waals surface area contributed by atoms with E-state index in [2.05, 4.69) is 20.8 Å². The highest BCUT2D eigenvalue weighted by Crippen LogP contribution is 2.23. The Labute approximate surface area is 114 Å². The molecule has 17 heavy (non-hydrogen) atoms. The number of likely N-dealkylation sites (tertiary alicyclic amines) is 1. The number of ketones is 1. The van der Waals surface area contributed by atoms with Crippen molar-refractivity contribution < 1.29 is 9.53 Å². The molecule has 2 heterocycles. The number of rotatable bonds is 4. The van der Waals surface area contributed by atoms with Crippen LogP contribution < -0.4 is 0 Å². The van der Waals surface area contributed by atoms with Crippen LogP contribution in [-0.2, 0) is 4.74 Å². The first kappa shape index (κ1) is 13.2. The molecule has 5 heteroatoms. The van der Waals surface area contributed by atoms with Gasteiger partial charge in [-0.3, -0.25) is 9.69 Å². The van der Waals surface area contributed by atoms with E-state index in [0.29, 0.717) is 6.54 Å². The molecule has 1 fully saturated rings. The van der Waals surface area contributed by atoms with Crippen LogP contribution in [0.2, 0.25) is 0 Å². The van der Waals surface area contributed by atoms with Crippen LogP contribution >= 0.6 is 27.3 Å². The van der Waals surface area contributed by atoms with Crippen molar-refractivity contribution in [3.63, 3.8) is 0 Å². The number of piperidine rings is 1. The van der Waals surface area contributed by atoms with Gasteiger partial charge in [-0.2, -0.15) is 0 Å². The topological polar surface area (TPSA) is 29.5 Å². The monoisotopic (exact) mass is 317 g/mol. The molecule has 2 rings (SSSR count). The lowest BCUT2D eigenvalue weighted by Gasteiger charge is -2.31. The molecule has 1 aliphatic heterocycles. The van der Waals surface area contributed by atoms with E-state index >= 15 is 0 Å². The van der Waals surface area contributed by atoms with Crippen LogP contribution in [0.3, 0.4) is 0 Å². The van der Waals surface area contributed by atoms with Gasteiger partial charge in [-0.1, -0.05) is 0 Å². The Bertz CT molecular complexity index is 394. The molecule has 0 saturated carbocycles.